The minimum atomic E-state index is -0.374. The molecule has 22 heavy (non-hydrogen) atoms. The van der Waals surface area contributed by atoms with E-state index in [4.69, 9.17) is 11.6 Å². The number of amides is 1. The number of halogens is 2. The molecule has 0 spiro atoms. The number of carbonyl (C=O) groups is 1. The van der Waals surface area contributed by atoms with Crippen LogP contribution in [0.5, 0.6) is 5.75 Å². The fraction of sp³-hybridized carbons (Fsp3) is 0.0667. The Morgan fingerprint density at radius 2 is 2.14 bits per heavy atom. The van der Waals surface area contributed by atoms with Crippen LogP contribution in [0.1, 0.15) is 16.2 Å². The summed E-state index contributed by atoms with van der Waals surface area (Å²) in [6, 6.07) is 8.12. The van der Waals surface area contributed by atoms with Crippen molar-refractivity contribution in [3.63, 3.8) is 0 Å². The minimum absolute atomic E-state index is 0.0506. The van der Waals surface area contributed by atoms with Gasteiger partial charge < -0.3 is 10.4 Å². The van der Waals surface area contributed by atoms with E-state index >= 15 is 0 Å². The molecule has 0 bridgehead atoms. The van der Waals surface area contributed by atoms with Crippen molar-refractivity contribution < 1.29 is 9.90 Å². The molecule has 0 fully saturated rings. The molecule has 0 aliphatic rings. The molecule has 0 saturated heterocycles. The third kappa shape index (κ3) is 2.67. The Bertz CT molecular complexity index is 892. The number of carbonyl (C=O) groups excluding carboxylic acids is 1. The summed E-state index contributed by atoms with van der Waals surface area (Å²) in [7, 11) is 0. The molecule has 2 heterocycles. The van der Waals surface area contributed by atoms with Crippen LogP contribution in [0, 0.1) is 6.92 Å². The van der Waals surface area contributed by atoms with Gasteiger partial charge in [-0.05, 0) is 53.2 Å². The lowest BCUT2D eigenvalue weighted by Gasteiger charge is -2.08. The zero-order valence-corrected chi connectivity index (χ0v) is 13.8. The molecule has 2 N–H and O–H groups in total. The summed E-state index contributed by atoms with van der Waals surface area (Å²) in [6.07, 6.45) is 1.77. The van der Waals surface area contributed by atoms with Crippen LogP contribution in [-0.4, -0.2) is 20.4 Å². The lowest BCUT2D eigenvalue weighted by molar-refractivity contribution is 0.102. The van der Waals surface area contributed by atoms with Gasteiger partial charge in [0.15, 0.2) is 0 Å². The number of pyridine rings is 1. The summed E-state index contributed by atoms with van der Waals surface area (Å²) in [4.78, 5) is 16.9. The van der Waals surface area contributed by atoms with E-state index in [1.807, 2.05) is 12.1 Å². The summed E-state index contributed by atoms with van der Waals surface area (Å²) in [5.41, 5.74) is 1.91. The summed E-state index contributed by atoms with van der Waals surface area (Å²) in [5.74, 6) is -0.425. The van der Waals surface area contributed by atoms with E-state index in [0.29, 0.717) is 22.1 Å². The van der Waals surface area contributed by atoms with Crippen LogP contribution >= 0.6 is 27.5 Å². The molecule has 0 radical (unpaired) electrons. The predicted octanol–water partition coefficient (Wildman–Crippen LogP) is 4.02. The fourth-order valence-electron chi connectivity index (χ4n) is 2.20. The van der Waals surface area contributed by atoms with Crippen LogP contribution in [0.2, 0.25) is 5.02 Å². The molecule has 3 aromatic rings. The Morgan fingerprint density at radius 3 is 2.91 bits per heavy atom. The van der Waals surface area contributed by atoms with Gasteiger partial charge in [-0.3, -0.25) is 9.20 Å². The van der Waals surface area contributed by atoms with Crippen LogP contribution < -0.4 is 5.32 Å². The Morgan fingerprint density at radius 1 is 1.36 bits per heavy atom. The monoisotopic (exact) mass is 379 g/mol. The number of hydrogen-bond acceptors (Lipinski definition) is 3. The van der Waals surface area contributed by atoms with Gasteiger partial charge in [-0.2, -0.15) is 0 Å². The number of imidazole rings is 1. The van der Waals surface area contributed by atoms with Crippen LogP contribution in [-0.2, 0) is 0 Å². The van der Waals surface area contributed by atoms with Crippen LogP contribution in [0.3, 0.4) is 0 Å². The highest BCUT2D eigenvalue weighted by Crippen LogP contribution is 2.27. The summed E-state index contributed by atoms with van der Waals surface area (Å²) < 4.78 is 2.52. The first-order valence-corrected chi connectivity index (χ1v) is 7.57. The second-order valence-corrected chi connectivity index (χ2v) is 6.09. The van der Waals surface area contributed by atoms with Gasteiger partial charge in [0.25, 0.3) is 5.91 Å². The number of aromatic nitrogens is 2. The molecular formula is C15H11BrClN3O2. The Hall–Kier alpha value is -2.05. The summed E-state index contributed by atoms with van der Waals surface area (Å²) in [5, 5.41) is 12.9. The number of aromatic hydroxyl groups is 1. The van der Waals surface area contributed by atoms with Crippen LogP contribution in [0.4, 0.5) is 5.69 Å². The van der Waals surface area contributed by atoms with Crippen LogP contribution in [0.25, 0.3) is 5.65 Å². The largest absolute Gasteiger partial charge is 0.506 e. The van der Waals surface area contributed by atoms with Crippen molar-refractivity contribution >= 4 is 44.8 Å². The maximum absolute atomic E-state index is 12.5. The van der Waals surface area contributed by atoms with E-state index in [1.54, 1.807) is 23.6 Å². The molecule has 1 amide bonds. The standard InChI is InChI=1S/C15H11BrClN3O2/c1-8-14(20-7-9(16)2-5-13(20)18-8)15(22)19-11-6-10(17)3-4-12(11)21/h2-7,21H,1H3,(H,19,22). The smallest absolute Gasteiger partial charge is 0.274 e. The first-order chi connectivity index (χ1) is 10.5. The second kappa shape index (κ2) is 5.62. The molecule has 2 aromatic heterocycles. The molecule has 7 heteroatoms. The number of phenolic OH excluding ortho intramolecular Hbond substituents is 1. The number of aryl methyl sites for hydroxylation is 1. The van der Waals surface area contributed by atoms with Crippen molar-refractivity contribution in [3.8, 4) is 5.75 Å². The summed E-state index contributed by atoms with van der Waals surface area (Å²) in [6.45, 7) is 1.76. The number of rotatable bonds is 2. The average molecular weight is 381 g/mol. The van der Waals surface area contributed by atoms with Gasteiger partial charge >= 0.3 is 0 Å². The Balaban J connectivity index is 2.04. The third-order valence-corrected chi connectivity index (χ3v) is 3.88. The minimum Gasteiger partial charge on any atom is -0.506 e. The van der Waals surface area contributed by atoms with Crippen molar-refractivity contribution in [2.75, 3.05) is 5.32 Å². The first-order valence-electron chi connectivity index (χ1n) is 6.40. The molecule has 5 nitrogen and oxygen atoms in total. The maximum atomic E-state index is 12.5. The quantitative estimate of drug-likeness (QED) is 0.660. The number of benzene rings is 1. The van der Waals surface area contributed by atoms with Gasteiger partial charge in [0.1, 0.15) is 17.1 Å². The topological polar surface area (TPSA) is 66.6 Å². The number of nitrogens with one attached hydrogen (secondary N) is 1. The van der Waals surface area contributed by atoms with E-state index in [1.165, 1.54) is 12.1 Å². The zero-order chi connectivity index (χ0) is 15.9. The number of phenols is 1. The zero-order valence-electron chi connectivity index (χ0n) is 11.5. The highest BCUT2D eigenvalue weighted by molar-refractivity contribution is 9.10. The number of anilines is 1. The van der Waals surface area contributed by atoms with Crippen molar-refractivity contribution in [1.82, 2.24) is 9.38 Å². The molecule has 0 atom stereocenters. The predicted molar refractivity (Wildman–Crippen MR) is 88.7 cm³/mol. The lowest BCUT2D eigenvalue weighted by Crippen LogP contribution is -2.15. The maximum Gasteiger partial charge on any atom is 0.274 e. The van der Waals surface area contributed by atoms with Gasteiger partial charge in [0.05, 0.1) is 11.4 Å². The SMILES string of the molecule is Cc1nc2ccc(Br)cn2c1C(=O)Nc1cc(Cl)ccc1O. The number of fused-ring (bicyclic) bond motifs is 1. The van der Waals surface area contributed by atoms with Crippen LogP contribution in [0.15, 0.2) is 41.0 Å². The normalized spacial score (nSPS) is 10.9. The van der Waals surface area contributed by atoms with E-state index in [9.17, 15) is 9.90 Å². The molecule has 1 aromatic carbocycles. The molecule has 0 unspecified atom stereocenters. The summed E-state index contributed by atoms with van der Waals surface area (Å²) >= 11 is 9.26. The van der Waals surface area contributed by atoms with E-state index in [-0.39, 0.29) is 17.3 Å². The molecular weight excluding hydrogens is 370 g/mol. The average Bonchev–Trinajstić information content (AvgIpc) is 2.78. The highest BCUT2D eigenvalue weighted by Gasteiger charge is 2.18. The molecule has 0 aliphatic carbocycles. The van der Waals surface area contributed by atoms with E-state index < -0.39 is 0 Å². The van der Waals surface area contributed by atoms with Gasteiger partial charge in [-0.1, -0.05) is 11.6 Å². The van der Waals surface area contributed by atoms with Gasteiger partial charge in [0.2, 0.25) is 0 Å². The molecule has 112 valence electrons. The van der Waals surface area contributed by atoms with Crippen molar-refractivity contribution in [1.29, 1.82) is 0 Å². The van der Waals surface area contributed by atoms with Gasteiger partial charge in [-0.25, -0.2) is 4.98 Å². The Labute approximate surface area is 139 Å². The third-order valence-electron chi connectivity index (χ3n) is 3.18. The van der Waals surface area contributed by atoms with Crippen molar-refractivity contribution in [2.24, 2.45) is 0 Å². The van der Waals surface area contributed by atoms with Gasteiger partial charge in [0, 0.05) is 15.7 Å². The molecule has 0 aliphatic heterocycles. The fourth-order valence-corrected chi connectivity index (χ4v) is 2.71. The van der Waals surface area contributed by atoms with E-state index in [2.05, 4.69) is 26.2 Å². The van der Waals surface area contributed by atoms with Crippen molar-refractivity contribution in [2.45, 2.75) is 6.92 Å². The lowest BCUT2D eigenvalue weighted by atomic mass is 10.2. The number of hydrogen-bond donors (Lipinski definition) is 2. The molecule has 0 saturated carbocycles. The second-order valence-electron chi connectivity index (χ2n) is 4.74. The number of nitrogens with zero attached hydrogens (tertiary/aromatic N) is 2. The van der Waals surface area contributed by atoms with E-state index in [0.717, 1.165) is 4.47 Å². The van der Waals surface area contributed by atoms with Gasteiger partial charge in [-0.15, -0.1) is 0 Å². The Kier molecular flexibility index (Phi) is 3.80. The highest BCUT2D eigenvalue weighted by atomic mass is 79.9. The van der Waals surface area contributed by atoms with Crippen molar-refractivity contribution in [3.05, 3.63) is 57.4 Å². The molecule has 3 rings (SSSR count). The first kappa shape index (κ1) is 14.9.